The summed E-state index contributed by atoms with van der Waals surface area (Å²) in [5, 5.41) is 9.04. The Labute approximate surface area is 115 Å². The van der Waals surface area contributed by atoms with E-state index in [1.165, 1.54) is 0 Å². The van der Waals surface area contributed by atoms with Crippen LogP contribution in [0.1, 0.15) is 11.3 Å². The lowest BCUT2D eigenvalue weighted by molar-refractivity contribution is 0.288. The standard InChI is InChI=1S/C13H16BrN3O/c1-11-4-2-3-5-13(11)18-9-8-17-10-12(6-7-14)15-16-17/h2-5,10H,6-9H2,1H3. The van der Waals surface area contributed by atoms with Crippen LogP contribution in [0.25, 0.3) is 0 Å². The second-order valence-electron chi connectivity index (χ2n) is 4.03. The topological polar surface area (TPSA) is 39.9 Å². The van der Waals surface area contributed by atoms with Gasteiger partial charge in [0, 0.05) is 17.9 Å². The predicted octanol–water partition coefficient (Wildman–Crippen LogP) is 2.60. The molecule has 2 aromatic rings. The van der Waals surface area contributed by atoms with E-state index >= 15 is 0 Å². The number of hydrogen-bond donors (Lipinski definition) is 0. The lowest BCUT2D eigenvalue weighted by Crippen LogP contribution is -2.09. The molecule has 0 fully saturated rings. The molecule has 96 valence electrons. The lowest BCUT2D eigenvalue weighted by Gasteiger charge is -2.08. The Morgan fingerprint density at radius 2 is 2.17 bits per heavy atom. The van der Waals surface area contributed by atoms with Crippen molar-refractivity contribution in [3.8, 4) is 5.75 Å². The number of alkyl halides is 1. The molecule has 1 heterocycles. The Balaban J connectivity index is 1.83. The van der Waals surface area contributed by atoms with Gasteiger partial charge in [-0.2, -0.15) is 0 Å². The van der Waals surface area contributed by atoms with Crippen LogP contribution in [-0.4, -0.2) is 26.9 Å². The van der Waals surface area contributed by atoms with Crippen LogP contribution >= 0.6 is 15.9 Å². The summed E-state index contributed by atoms with van der Waals surface area (Å²) in [6, 6.07) is 8.00. The average Bonchev–Trinajstić information content (AvgIpc) is 2.80. The first-order chi connectivity index (χ1) is 8.79. The monoisotopic (exact) mass is 309 g/mol. The van der Waals surface area contributed by atoms with Crippen molar-refractivity contribution in [1.82, 2.24) is 15.0 Å². The van der Waals surface area contributed by atoms with E-state index in [0.717, 1.165) is 28.8 Å². The van der Waals surface area contributed by atoms with Crippen molar-refractivity contribution < 1.29 is 4.74 Å². The van der Waals surface area contributed by atoms with Crippen LogP contribution in [0.3, 0.4) is 0 Å². The zero-order chi connectivity index (χ0) is 12.8. The van der Waals surface area contributed by atoms with Crippen molar-refractivity contribution in [3.05, 3.63) is 41.7 Å². The summed E-state index contributed by atoms with van der Waals surface area (Å²) in [5.41, 5.74) is 2.15. The molecule has 5 heteroatoms. The highest BCUT2D eigenvalue weighted by atomic mass is 79.9. The molecule has 0 atom stereocenters. The van der Waals surface area contributed by atoms with E-state index in [1.54, 1.807) is 0 Å². The molecule has 0 saturated heterocycles. The molecule has 0 aliphatic rings. The van der Waals surface area contributed by atoms with E-state index in [0.29, 0.717) is 13.2 Å². The largest absolute Gasteiger partial charge is 0.491 e. The van der Waals surface area contributed by atoms with Crippen LogP contribution < -0.4 is 4.74 Å². The molecule has 0 saturated carbocycles. The molecule has 0 radical (unpaired) electrons. The molecular formula is C13H16BrN3O. The second-order valence-corrected chi connectivity index (χ2v) is 4.82. The van der Waals surface area contributed by atoms with Gasteiger partial charge < -0.3 is 4.74 Å². The Bertz CT molecular complexity index is 498. The quantitative estimate of drug-likeness (QED) is 0.770. The smallest absolute Gasteiger partial charge is 0.122 e. The van der Waals surface area contributed by atoms with Gasteiger partial charge in [0.05, 0.1) is 12.2 Å². The van der Waals surface area contributed by atoms with Crippen molar-refractivity contribution >= 4 is 15.9 Å². The Kier molecular flexibility index (Phi) is 4.75. The summed E-state index contributed by atoms with van der Waals surface area (Å²) >= 11 is 3.38. The highest BCUT2D eigenvalue weighted by Crippen LogP contribution is 2.15. The van der Waals surface area contributed by atoms with E-state index in [1.807, 2.05) is 42.1 Å². The van der Waals surface area contributed by atoms with E-state index in [-0.39, 0.29) is 0 Å². The van der Waals surface area contributed by atoms with Gasteiger partial charge >= 0.3 is 0 Å². The molecule has 0 N–H and O–H groups in total. The first-order valence-corrected chi connectivity index (χ1v) is 7.05. The third kappa shape index (κ3) is 3.57. The predicted molar refractivity (Wildman–Crippen MR) is 74.2 cm³/mol. The van der Waals surface area contributed by atoms with Crippen LogP contribution in [0.15, 0.2) is 30.5 Å². The zero-order valence-corrected chi connectivity index (χ0v) is 11.9. The van der Waals surface area contributed by atoms with Gasteiger partial charge in [-0.1, -0.05) is 39.3 Å². The minimum Gasteiger partial charge on any atom is -0.491 e. The van der Waals surface area contributed by atoms with E-state index < -0.39 is 0 Å². The van der Waals surface area contributed by atoms with Crippen LogP contribution in [0.4, 0.5) is 0 Å². The molecule has 1 aromatic heterocycles. The molecule has 0 unspecified atom stereocenters. The second kappa shape index (κ2) is 6.54. The average molecular weight is 310 g/mol. The molecule has 2 rings (SSSR count). The van der Waals surface area contributed by atoms with Crippen molar-refractivity contribution in [3.63, 3.8) is 0 Å². The maximum absolute atomic E-state index is 5.71. The SMILES string of the molecule is Cc1ccccc1OCCn1cc(CCBr)nn1. The third-order valence-corrected chi connectivity index (χ3v) is 3.00. The Morgan fingerprint density at radius 1 is 1.33 bits per heavy atom. The van der Waals surface area contributed by atoms with Gasteiger partial charge in [-0.3, -0.25) is 0 Å². The molecule has 4 nitrogen and oxygen atoms in total. The van der Waals surface area contributed by atoms with Crippen molar-refractivity contribution in [1.29, 1.82) is 0 Å². The van der Waals surface area contributed by atoms with Gasteiger partial charge in [-0.15, -0.1) is 5.10 Å². The summed E-state index contributed by atoms with van der Waals surface area (Å²) in [6.07, 6.45) is 2.86. The van der Waals surface area contributed by atoms with E-state index in [2.05, 4.69) is 26.2 Å². The molecular weight excluding hydrogens is 294 g/mol. The number of para-hydroxylation sites is 1. The van der Waals surface area contributed by atoms with Crippen LogP contribution in [0.5, 0.6) is 5.75 Å². The lowest BCUT2D eigenvalue weighted by atomic mass is 10.2. The number of aryl methyl sites for hydroxylation is 2. The summed E-state index contributed by atoms with van der Waals surface area (Å²) in [5.74, 6) is 0.929. The fourth-order valence-electron chi connectivity index (χ4n) is 1.63. The molecule has 0 amide bonds. The summed E-state index contributed by atoms with van der Waals surface area (Å²) < 4.78 is 7.53. The van der Waals surface area contributed by atoms with Crippen LogP contribution in [0.2, 0.25) is 0 Å². The maximum Gasteiger partial charge on any atom is 0.122 e. The van der Waals surface area contributed by atoms with Crippen LogP contribution in [-0.2, 0) is 13.0 Å². The van der Waals surface area contributed by atoms with Gasteiger partial charge in [-0.25, -0.2) is 4.68 Å². The molecule has 0 spiro atoms. The first-order valence-electron chi connectivity index (χ1n) is 5.93. The number of halogens is 1. The highest BCUT2D eigenvalue weighted by Gasteiger charge is 2.01. The number of benzene rings is 1. The molecule has 0 aliphatic carbocycles. The molecule has 0 bridgehead atoms. The fourth-order valence-corrected chi connectivity index (χ4v) is 2.03. The van der Waals surface area contributed by atoms with Crippen molar-refractivity contribution in [2.75, 3.05) is 11.9 Å². The van der Waals surface area contributed by atoms with E-state index in [9.17, 15) is 0 Å². The summed E-state index contributed by atoms with van der Waals surface area (Å²) in [7, 11) is 0. The molecule has 1 aromatic carbocycles. The van der Waals surface area contributed by atoms with Crippen LogP contribution in [0, 0.1) is 6.92 Å². The number of ether oxygens (including phenoxy) is 1. The number of aromatic nitrogens is 3. The Morgan fingerprint density at radius 3 is 2.94 bits per heavy atom. The molecule has 0 aliphatic heterocycles. The maximum atomic E-state index is 5.71. The number of hydrogen-bond acceptors (Lipinski definition) is 3. The Hall–Kier alpha value is -1.36. The summed E-state index contributed by atoms with van der Waals surface area (Å²) in [6.45, 7) is 3.35. The van der Waals surface area contributed by atoms with Gasteiger partial charge in [0.1, 0.15) is 12.4 Å². The minimum absolute atomic E-state index is 0.599. The van der Waals surface area contributed by atoms with Crippen molar-refractivity contribution in [2.24, 2.45) is 0 Å². The summed E-state index contributed by atoms with van der Waals surface area (Å²) in [4.78, 5) is 0. The van der Waals surface area contributed by atoms with Crippen molar-refractivity contribution in [2.45, 2.75) is 19.9 Å². The minimum atomic E-state index is 0.599. The highest BCUT2D eigenvalue weighted by molar-refractivity contribution is 9.09. The number of nitrogens with zero attached hydrogens (tertiary/aromatic N) is 3. The number of rotatable bonds is 6. The van der Waals surface area contributed by atoms with Gasteiger partial charge in [-0.05, 0) is 18.6 Å². The fraction of sp³-hybridized carbons (Fsp3) is 0.385. The van der Waals surface area contributed by atoms with Gasteiger partial charge in [0.2, 0.25) is 0 Å². The first kappa shape index (κ1) is 13.1. The molecule has 18 heavy (non-hydrogen) atoms. The third-order valence-electron chi connectivity index (χ3n) is 2.61. The van der Waals surface area contributed by atoms with Gasteiger partial charge in [0.15, 0.2) is 0 Å². The normalized spacial score (nSPS) is 10.6. The van der Waals surface area contributed by atoms with E-state index in [4.69, 9.17) is 4.74 Å². The van der Waals surface area contributed by atoms with Gasteiger partial charge in [0.25, 0.3) is 0 Å². The zero-order valence-electron chi connectivity index (χ0n) is 10.3.